The van der Waals surface area contributed by atoms with Gasteiger partial charge in [0, 0.05) is 23.7 Å². The second-order valence-electron chi connectivity index (χ2n) is 6.31. The van der Waals surface area contributed by atoms with Crippen LogP contribution in [0.4, 0.5) is 5.69 Å². The number of benzene rings is 1. The van der Waals surface area contributed by atoms with Gasteiger partial charge in [-0.05, 0) is 39.6 Å². The first-order valence-corrected chi connectivity index (χ1v) is 7.92. The molecule has 1 amide bonds. The Bertz CT molecular complexity index is 876. The van der Waals surface area contributed by atoms with Crippen molar-refractivity contribution in [3.63, 3.8) is 0 Å². The van der Waals surface area contributed by atoms with Crippen LogP contribution in [0, 0.1) is 13.8 Å². The zero-order chi connectivity index (χ0) is 17.3. The van der Waals surface area contributed by atoms with E-state index in [2.05, 4.69) is 15.3 Å². The standard InChI is InChI=1S/C18H22N4O2/c1-12-5-6-15-13(2)17(24-16(15)9-12)18(23)20-14-10-19-22(11-14)8-7-21(3)4/h5-6,9-11H,7-8H2,1-4H3,(H,20,23). The van der Waals surface area contributed by atoms with Crippen molar-refractivity contribution in [2.75, 3.05) is 26.0 Å². The lowest BCUT2D eigenvalue weighted by molar-refractivity contribution is 0.0998. The molecule has 24 heavy (non-hydrogen) atoms. The molecule has 0 bridgehead atoms. The van der Waals surface area contributed by atoms with Crippen molar-refractivity contribution in [3.05, 3.63) is 47.5 Å². The minimum absolute atomic E-state index is 0.256. The second kappa shape index (κ2) is 6.49. The highest BCUT2D eigenvalue weighted by Crippen LogP contribution is 2.26. The van der Waals surface area contributed by atoms with Gasteiger partial charge < -0.3 is 14.6 Å². The van der Waals surface area contributed by atoms with Crippen LogP contribution in [0.5, 0.6) is 0 Å². The number of amides is 1. The molecule has 2 aromatic heterocycles. The van der Waals surface area contributed by atoms with E-state index in [0.29, 0.717) is 11.4 Å². The summed E-state index contributed by atoms with van der Waals surface area (Å²) in [5, 5.41) is 8.07. The smallest absolute Gasteiger partial charge is 0.291 e. The summed E-state index contributed by atoms with van der Waals surface area (Å²) in [6, 6.07) is 5.94. The summed E-state index contributed by atoms with van der Waals surface area (Å²) in [4.78, 5) is 14.6. The number of hydrogen-bond donors (Lipinski definition) is 1. The van der Waals surface area contributed by atoms with Gasteiger partial charge >= 0.3 is 0 Å². The number of furan rings is 1. The first-order chi connectivity index (χ1) is 11.4. The van der Waals surface area contributed by atoms with Gasteiger partial charge in [0.2, 0.25) is 0 Å². The zero-order valence-corrected chi connectivity index (χ0v) is 14.5. The molecule has 1 aromatic carbocycles. The number of likely N-dealkylation sites (N-methyl/N-ethyl adjacent to an activating group) is 1. The Labute approximate surface area is 141 Å². The van der Waals surface area contributed by atoms with Crippen molar-refractivity contribution in [2.24, 2.45) is 0 Å². The molecule has 1 N–H and O–H groups in total. The molecule has 0 radical (unpaired) electrons. The van der Waals surface area contributed by atoms with Crippen molar-refractivity contribution < 1.29 is 9.21 Å². The molecule has 0 spiro atoms. The number of aromatic nitrogens is 2. The molecule has 0 aliphatic rings. The van der Waals surface area contributed by atoms with Gasteiger partial charge in [0.05, 0.1) is 18.4 Å². The summed E-state index contributed by atoms with van der Waals surface area (Å²) < 4.78 is 7.56. The lowest BCUT2D eigenvalue weighted by Gasteiger charge is -2.08. The van der Waals surface area contributed by atoms with E-state index in [1.165, 1.54) is 0 Å². The molecule has 0 aliphatic carbocycles. The van der Waals surface area contributed by atoms with Crippen molar-refractivity contribution >= 4 is 22.6 Å². The van der Waals surface area contributed by atoms with Gasteiger partial charge in [-0.25, -0.2) is 0 Å². The summed E-state index contributed by atoms with van der Waals surface area (Å²) >= 11 is 0. The Morgan fingerprint density at radius 2 is 2.12 bits per heavy atom. The fourth-order valence-corrected chi connectivity index (χ4v) is 2.59. The molecule has 126 valence electrons. The van der Waals surface area contributed by atoms with E-state index < -0.39 is 0 Å². The molecule has 3 rings (SSSR count). The molecule has 2 heterocycles. The summed E-state index contributed by atoms with van der Waals surface area (Å²) in [5.74, 6) is 0.0881. The molecule has 3 aromatic rings. The Balaban J connectivity index is 1.76. The van der Waals surface area contributed by atoms with Crippen molar-refractivity contribution in [1.82, 2.24) is 14.7 Å². The number of aryl methyl sites for hydroxylation is 2. The van der Waals surface area contributed by atoms with Crippen LogP contribution in [0.25, 0.3) is 11.0 Å². The SMILES string of the molecule is Cc1ccc2c(C)c(C(=O)Nc3cnn(CCN(C)C)c3)oc2c1. The van der Waals surface area contributed by atoms with E-state index in [1.54, 1.807) is 6.20 Å². The highest BCUT2D eigenvalue weighted by atomic mass is 16.3. The predicted molar refractivity (Wildman–Crippen MR) is 94.4 cm³/mol. The topological polar surface area (TPSA) is 63.3 Å². The van der Waals surface area contributed by atoms with Crippen molar-refractivity contribution in [3.8, 4) is 0 Å². The van der Waals surface area contributed by atoms with Crippen LogP contribution in [0.2, 0.25) is 0 Å². The maximum atomic E-state index is 12.5. The lowest BCUT2D eigenvalue weighted by Crippen LogP contribution is -2.18. The van der Waals surface area contributed by atoms with Gasteiger partial charge in [0.1, 0.15) is 5.58 Å². The first kappa shape index (κ1) is 16.3. The Hall–Kier alpha value is -2.60. The van der Waals surface area contributed by atoms with Gasteiger partial charge in [0.25, 0.3) is 5.91 Å². The van der Waals surface area contributed by atoms with Crippen molar-refractivity contribution in [1.29, 1.82) is 0 Å². The lowest BCUT2D eigenvalue weighted by atomic mass is 10.1. The average Bonchev–Trinajstić information content (AvgIpc) is 3.09. The van der Waals surface area contributed by atoms with E-state index in [1.807, 2.05) is 57.0 Å². The number of rotatable bonds is 5. The van der Waals surface area contributed by atoms with Crippen LogP contribution in [0.15, 0.2) is 35.0 Å². The monoisotopic (exact) mass is 326 g/mol. The van der Waals surface area contributed by atoms with Crippen LogP contribution >= 0.6 is 0 Å². The first-order valence-electron chi connectivity index (χ1n) is 7.92. The molecule has 6 heteroatoms. The molecule has 0 aliphatic heterocycles. The van der Waals surface area contributed by atoms with Crippen LogP contribution in [-0.4, -0.2) is 41.2 Å². The van der Waals surface area contributed by atoms with E-state index in [-0.39, 0.29) is 5.91 Å². The van der Waals surface area contributed by atoms with E-state index >= 15 is 0 Å². The van der Waals surface area contributed by atoms with Gasteiger partial charge in [-0.1, -0.05) is 12.1 Å². The largest absolute Gasteiger partial charge is 0.451 e. The molecule has 0 unspecified atom stereocenters. The maximum absolute atomic E-state index is 12.5. The Morgan fingerprint density at radius 3 is 2.88 bits per heavy atom. The number of hydrogen-bond acceptors (Lipinski definition) is 4. The third-order valence-corrected chi connectivity index (χ3v) is 3.97. The number of anilines is 1. The number of nitrogens with zero attached hydrogens (tertiary/aromatic N) is 3. The van der Waals surface area contributed by atoms with Crippen LogP contribution in [0.3, 0.4) is 0 Å². The Morgan fingerprint density at radius 1 is 1.33 bits per heavy atom. The molecule has 0 saturated carbocycles. The average molecular weight is 326 g/mol. The van der Waals surface area contributed by atoms with Crippen molar-refractivity contribution in [2.45, 2.75) is 20.4 Å². The number of carbonyl (C=O) groups is 1. The normalized spacial score (nSPS) is 11.4. The zero-order valence-electron chi connectivity index (χ0n) is 14.5. The minimum Gasteiger partial charge on any atom is -0.451 e. The molecule has 6 nitrogen and oxygen atoms in total. The van der Waals surface area contributed by atoms with Crippen LogP contribution in [0.1, 0.15) is 21.7 Å². The Kier molecular flexibility index (Phi) is 4.40. The minimum atomic E-state index is -0.256. The molecule has 0 atom stereocenters. The number of nitrogens with one attached hydrogen (secondary N) is 1. The molecular weight excluding hydrogens is 304 g/mol. The summed E-state index contributed by atoms with van der Waals surface area (Å²) in [6.45, 7) is 5.55. The molecular formula is C18H22N4O2. The van der Waals surface area contributed by atoms with E-state index in [9.17, 15) is 4.79 Å². The summed E-state index contributed by atoms with van der Waals surface area (Å²) in [5.41, 5.74) is 3.35. The van der Waals surface area contributed by atoms with Gasteiger partial charge in [-0.2, -0.15) is 5.10 Å². The summed E-state index contributed by atoms with van der Waals surface area (Å²) in [6.07, 6.45) is 3.47. The maximum Gasteiger partial charge on any atom is 0.291 e. The molecule has 0 saturated heterocycles. The number of carbonyl (C=O) groups excluding carboxylic acids is 1. The van der Waals surface area contributed by atoms with Crippen LogP contribution < -0.4 is 5.32 Å². The summed E-state index contributed by atoms with van der Waals surface area (Å²) in [7, 11) is 4.02. The predicted octanol–water partition coefficient (Wildman–Crippen LogP) is 3.06. The third kappa shape index (κ3) is 3.33. The van der Waals surface area contributed by atoms with Gasteiger partial charge in [-0.3, -0.25) is 9.48 Å². The third-order valence-electron chi connectivity index (χ3n) is 3.97. The van der Waals surface area contributed by atoms with E-state index in [0.717, 1.165) is 35.2 Å². The highest BCUT2D eigenvalue weighted by molar-refractivity contribution is 6.06. The fourth-order valence-electron chi connectivity index (χ4n) is 2.59. The fraction of sp³-hybridized carbons (Fsp3) is 0.333. The van der Waals surface area contributed by atoms with Crippen LogP contribution in [-0.2, 0) is 6.54 Å². The second-order valence-corrected chi connectivity index (χ2v) is 6.31. The van der Waals surface area contributed by atoms with Gasteiger partial charge in [0.15, 0.2) is 5.76 Å². The highest BCUT2D eigenvalue weighted by Gasteiger charge is 2.18. The van der Waals surface area contributed by atoms with E-state index in [4.69, 9.17) is 4.42 Å². The number of fused-ring (bicyclic) bond motifs is 1. The van der Waals surface area contributed by atoms with Gasteiger partial charge in [-0.15, -0.1) is 0 Å². The quantitative estimate of drug-likeness (QED) is 0.783. The molecule has 0 fully saturated rings.